The van der Waals surface area contributed by atoms with E-state index in [1.165, 1.54) is 37.2 Å². The van der Waals surface area contributed by atoms with Crippen molar-refractivity contribution in [3.63, 3.8) is 0 Å². The van der Waals surface area contributed by atoms with Gasteiger partial charge in [0.15, 0.2) is 0 Å². The molecule has 0 radical (unpaired) electrons. The van der Waals surface area contributed by atoms with Gasteiger partial charge in [-0.2, -0.15) is 0 Å². The van der Waals surface area contributed by atoms with Crippen LogP contribution in [0.25, 0.3) is 0 Å². The quantitative estimate of drug-likeness (QED) is 0.305. The number of benzene rings is 1. The Hall–Kier alpha value is -1.92. The van der Waals surface area contributed by atoms with E-state index in [2.05, 4.69) is 19.0 Å². The van der Waals surface area contributed by atoms with Crippen molar-refractivity contribution in [1.82, 2.24) is 9.96 Å². The summed E-state index contributed by atoms with van der Waals surface area (Å²) in [6.07, 6.45) is 9.56. The Kier molecular flexibility index (Phi) is 13.8. The number of unbranched alkanes of at least 4 members (excludes halogenated alkanes) is 7. The maximum Gasteiger partial charge on any atom is 0.305 e. The summed E-state index contributed by atoms with van der Waals surface area (Å²) in [5.41, 5.74) is 0.950. The molecule has 1 N–H and O–H groups in total. The van der Waals surface area contributed by atoms with Crippen LogP contribution in [-0.4, -0.2) is 54.1 Å². The van der Waals surface area contributed by atoms with Gasteiger partial charge >= 0.3 is 5.97 Å². The smallest absolute Gasteiger partial charge is 0.305 e. The van der Waals surface area contributed by atoms with Crippen LogP contribution in [0.1, 0.15) is 69.8 Å². The first-order valence-corrected chi connectivity index (χ1v) is 10.8. The zero-order valence-electron chi connectivity index (χ0n) is 18.1. The van der Waals surface area contributed by atoms with Crippen molar-refractivity contribution in [3.05, 3.63) is 35.9 Å². The van der Waals surface area contributed by atoms with Crippen molar-refractivity contribution >= 4 is 11.9 Å². The monoisotopic (exact) mass is 406 g/mol. The van der Waals surface area contributed by atoms with E-state index >= 15 is 0 Å². The molecule has 1 aromatic rings. The van der Waals surface area contributed by atoms with Crippen molar-refractivity contribution in [2.24, 2.45) is 0 Å². The van der Waals surface area contributed by atoms with Crippen molar-refractivity contribution in [1.29, 1.82) is 0 Å². The van der Waals surface area contributed by atoms with E-state index in [-0.39, 0.29) is 25.5 Å². The van der Waals surface area contributed by atoms with Gasteiger partial charge in [-0.1, -0.05) is 68.9 Å². The lowest BCUT2D eigenvalue weighted by atomic mass is 10.1. The summed E-state index contributed by atoms with van der Waals surface area (Å²) in [5, 5.41) is 10.1. The average molecular weight is 407 g/mol. The fourth-order valence-corrected chi connectivity index (χ4v) is 3.07. The molecule has 1 rings (SSSR count). The zero-order chi connectivity index (χ0) is 21.3. The summed E-state index contributed by atoms with van der Waals surface area (Å²) < 4.78 is 0. The first kappa shape index (κ1) is 25.1. The van der Waals surface area contributed by atoms with Crippen molar-refractivity contribution in [2.75, 3.05) is 27.2 Å². The van der Waals surface area contributed by atoms with E-state index < -0.39 is 5.97 Å². The number of hydrogen-bond acceptors (Lipinski definition) is 4. The SMILES string of the molecule is CN(C)CCCCCCCCCCC(=O)N(CCC(=O)O)OCc1ccccc1. The Bertz CT molecular complexity index is 563. The lowest BCUT2D eigenvalue weighted by Crippen LogP contribution is -2.33. The summed E-state index contributed by atoms with van der Waals surface area (Å²) >= 11 is 0. The number of rotatable bonds is 17. The molecule has 0 saturated heterocycles. The van der Waals surface area contributed by atoms with Crippen LogP contribution in [0.5, 0.6) is 0 Å². The second-order valence-corrected chi connectivity index (χ2v) is 7.78. The molecule has 0 aliphatic heterocycles. The van der Waals surface area contributed by atoms with E-state index in [1.807, 2.05) is 30.3 Å². The topological polar surface area (TPSA) is 70.1 Å². The molecule has 6 heteroatoms. The molecule has 0 spiro atoms. The second-order valence-electron chi connectivity index (χ2n) is 7.78. The summed E-state index contributed by atoms with van der Waals surface area (Å²) in [6.45, 7) is 1.50. The van der Waals surface area contributed by atoms with Gasteiger partial charge in [-0.05, 0) is 39.0 Å². The van der Waals surface area contributed by atoms with Crippen LogP contribution in [0.15, 0.2) is 30.3 Å². The maximum atomic E-state index is 12.4. The van der Waals surface area contributed by atoms with Crippen LogP contribution < -0.4 is 0 Å². The number of carboxylic acids is 1. The van der Waals surface area contributed by atoms with Crippen LogP contribution in [-0.2, 0) is 21.0 Å². The van der Waals surface area contributed by atoms with Crippen LogP contribution in [0.4, 0.5) is 0 Å². The van der Waals surface area contributed by atoms with Gasteiger partial charge in [0.05, 0.1) is 13.0 Å². The largest absolute Gasteiger partial charge is 0.481 e. The Morgan fingerprint density at radius 2 is 1.41 bits per heavy atom. The standard InChI is InChI=1S/C23H38N2O4/c1-24(2)18-13-8-6-4-3-5-7-12-16-22(26)25(19-17-23(27)28)29-20-21-14-10-9-11-15-21/h9-11,14-15H,3-8,12-13,16-20H2,1-2H3,(H,27,28). The molecule has 0 saturated carbocycles. The van der Waals surface area contributed by atoms with Crippen molar-refractivity contribution in [3.8, 4) is 0 Å². The highest BCUT2D eigenvalue weighted by Crippen LogP contribution is 2.12. The number of carbonyl (C=O) groups excluding carboxylic acids is 1. The Morgan fingerprint density at radius 1 is 0.828 bits per heavy atom. The molecular weight excluding hydrogens is 368 g/mol. The van der Waals surface area contributed by atoms with Gasteiger partial charge in [0.1, 0.15) is 6.61 Å². The number of amides is 1. The highest BCUT2D eigenvalue weighted by atomic mass is 16.7. The van der Waals surface area contributed by atoms with E-state index in [4.69, 9.17) is 9.94 Å². The van der Waals surface area contributed by atoms with Gasteiger partial charge in [-0.25, -0.2) is 5.06 Å². The predicted molar refractivity (Wildman–Crippen MR) is 115 cm³/mol. The number of hydrogen-bond donors (Lipinski definition) is 1. The van der Waals surface area contributed by atoms with Crippen molar-refractivity contribution in [2.45, 2.75) is 70.8 Å². The zero-order valence-corrected chi connectivity index (χ0v) is 18.1. The number of carboxylic acid groups (broad SMARTS) is 1. The molecule has 0 aromatic heterocycles. The molecule has 0 heterocycles. The number of nitrogens with zero attached hydrogens (tertiary/aromatic N) is 2. The molecular formula is C23H38N2O4. The molecule has 1 amide bonds. The van der Waals surface area contributed by atoms with Crippen LogP contribution in [0, 0.1) is 0 Å². The second kappa shape index (κ2) is 15.9. The van der Waals surface area contributed by atoms with E-state index in [0.29, 0.717) is 6.42 Å². The Morgan fingerprint density at radius 3 is 2.00 bits per heavy atom. The molecule has 0 unspecified atom stereocenters. The van der Waals surface area contributed by atoms with Crippen LogP contribution in [0.3, 0.4) is 0 Å². The maximum absolute atomic E-state index is 12.4. The summed E-state index contributed by atoms with van der Waals surface area (Å²) in [4.78, 5) is 31.1. The predicted octanol–water partition coefficient (Wildman–Crippen LogP) is 4.49. The summed E-state index contributed by atoms with van der Waals surface area (Å²) in [6, 6.07) is 9.57. The molecule has 0 fully saturated rings. The first-order chi connectivity index (χ1) is 14.0. The van der Waals surface area contributed by atoms with Gasteiger partial charge in [-0.15, -0.1) is 0 Å². The lowest BCUT2D eigenvalue weighted by molar-refractivity contribution is -0.193. The molecule has 1 aromatic carbocycles. The lowest BCUT2D eigenvalue weighted by Gasteiger charge is -2.21. The molecule has 0 bridgehead atoms. The third kappa shape index (κ3) is 13.8. The average Bonchev–Trinajstić information content (AvgIpc) is 2.69. The highest BCUT2D eigenvalue weighted by Gasteiger charge is 2.15. The van der Waals surface area contributed by atoms with Crippen LogP contribution in [0.2, 0.25) is 0 Å². The van der Waals surface area contributed by atoms with Gasteiger partial charge in [0.25, 0.3) is 0 Å². The van der Waals surface area contributed by atoms with Crippen LogP contribution >= 0.6 is 0 Å². The highest BCUT2D eigenvalue weighted by molar-refractivity contribution is 5.76. The normalized spacial score (nSPS) is 11.0. The van der Waals surface area contributed by atoms with Gasteiger partial charge in [0.2, 0.25) is 5.91 Å². The minimum Gasteiger partial charge on any atom is -0.481 e. The van der Waals surface area contributed by atoms with Gasteiger partial charge in [0, 0.05) is 6.42 Å². The molecule has 0 aliphatic rings. The fourth-order valence-electron chi connectivity index (χ4n) is 3.07. The minimum absolute atomic E-state index is 0.0773. The summed E-state index contributed by atoms with van der Waals surface area (Å²) in [5.74, 6) is -1.07. The molecule has 0 aliphatic carbocycles. The third-order valence-electron chi connectivity index (χ3n) is 4.78. The molecule has 0 atom stereocenters. The molecule has 164 valence electrons. The molecule has 29 heavy (non-hydrogen) atoms. The molecule has 6 nitrogen and oxygen atoms in total. The van der Waals surface area contributed by atoms with Crippen molar-refractivity contribution < 1.29 is 19.5 Å². The Labute approximate surface area is 175 Å². The fraction of sp³-hybridized carbons (Fsp3) is 0.652. The Balaban J connectivity index is 2.19. The minimum atomic E-state index is -0.934. The van der Waals surface area contributed by atoms with Gasteiger partial charge in [-0.3, -0.25) is 14.4 Å². The number of carbonyl (C=O) groups is 2. The van der Waals surface area contributed by atoms with E-state index in [9.17, 15) is 9.59 Å². The number of aliphatic carboxylic acids is 1. The number of hydroxylamine groups is 2. The van der Waals surface area contributed by atoms with Gasteiger partial charge < -0.3 is 10.0 Å². The van der Waals surface area contributed by atoms with E-state index in [1.54, 1.807) is 0 Å². The summed E-state index contributed by atoms with van der Waals surface area (Å²) in [7, 11) is 4.22. The first-order valence-electron chi connectivity index (χ1n) is 10.8. The third-order valence-corrected chi connectivity index (χ3v) is 4.78. The van der Waals surface area contributed by atoms with E-state index in [0.717, 1.165) is 31.4 Å².